The zero-order chi connectivity index (χ0) is 16.4. The molecule has 0 saturated heterocycles. The van der Waals surface area contributed by atoms with Gasteiger partial charge in [0.15, 0.2) is 0 Å². The SMILES string of the molecule is CC(CC(=O)NCCCCCCC(=O)O)c1cccc(F)c1. The molecule has 0 aliphatic carbocycles. The molecule has 22 heavy (non-hydrogen) atoms. The van der Waals surface area contributed by atoms with Crippen molar-refractivity contribution in [2.45, 2.75) is 51.4 Å². The number of rotatable bonds is 10. The summed E-state index contributed by atoms with van der Waals surface area (Å²) in [6.07, 6.45) is 3.84. The molecule has 0 aromatic heterocycles. The van der Waals surface area contributed by atoms with Gasteiger partial charge in [-0.25, -0.2) is 4.39 Å². The van der Waals surface area contributed by atoms with Crippen LogP contribution in [0.3, 0.4) is 0 Å². The number of hydrogen-bond donors (Lipinski definition) is 2. The molecule has 0 fully saturated rings. The maximum absolute atomic E-state index is 13.1. The van der Waals surface area contributed by atoms with Crippen molar-refractivity contribution < 1.29 is 19.1 Å². The van der Waals surface area contributed by atoms with Gasteiger partial charge in [0.2, 0.25) is 5.91 Å². The lowest BCUT2D eigenvalue weighted by Crippen LogP contribution is -2.25. The number of aliphatic carboxylic acids is 1. The van der Waals surface area contributed by atoms with Gasteiger partial charge >= 0.3 is 5.97 Å². The molecule has 1 rings (SSSR count). The average Bonchev–Trinajstić information content (AvgIpc) is 2.45. The summed E-state index contributed by atoms with van der Waals surface area (Å²) in [5, 5.41) is 11.4. The lowest BCUT2D eigenvalue weighted by atomic mass is 9.97. The topological polar surface area (TPSA) is 66.4 Å². The summed E-state index contributed by atoms with van der Waals surface area (Å²) in [5.74, 6) is -1.11. The first-order chi connectivity index (χ1) is 10.5. The minimum absolute atomic E-state index is 0.0220. The Balaban J connectivity index is 2.14. The van der Waals surface area contributed by atoms with Crippen molar-refractivity contribution in [2.75, 3.05) is 6.54 Å². The molecule has 1 atom stereocenters. The lowest BCUT2D eigenvalue weighted by Gasteiger charge is -2.12. The third kappa shape index (κ3) is 7.76. The van der Waals surface area contributed by atoms with E-state index in [4.69, 9.17) is 5.11 Å². The highest BCUT2D eigenvalue weighted by Gasteiger charge is 2.11. The van der Waals surface area contributed by atoms with Crippen LogP contribution in [-0.4, -0.2) is 23.5 Å². The minimum Gasteiger partial charge on any atom is -0.481 e. The molecule has 2 N–H and O–H groups in total. The highest BCUT2D eigenvalue weighted by Crippen LogP contribution is 2.19. The molecule has 1 unspecified atom stereocenters. The predicted octanol–water partition coefficient (Wildman–Crippen LogP) is 3.47. The van der Waals surface area contributed by atoms with Crippen molar-refractivity contribution in [2.24, 2.45) is 0 Å². The lowest BCUT2D eigenvalue weighted by molar-refractivity contribution is -0.137. The highest BCUT2D eigenvalue weighted by atomic mass is 19.1. The molecule has 0 bridgehead atoms. The van der Waals surface area contributed by atoms with Gasteiger partial charge in [-0.3, -0.25) is 9.59 Å². The molecule has 0 spiro atoms. The molecule has 122 valence electrons. The first kappa shape index (κ1) is 18.1. The van der Waals surface area contributed by atoms with Crippen LogP contribution in [0.1, 0.15) is 56.9 Å². The number of carbonyl (C=O) groups is 2. The fraction of sp³-hybridized carbons (Fsp3) is 0.529. The van der Waals surface area contributed by atoms with Crippen molar-refractivity contribution in [3.8, 4) is 0 Å². The third-order valence-electron chi connectivity index (χ3n) is 3.55. The van der Waals surface area contributed by atoms with Crippen LogP contribution in [0.25, 0.3) is 0 Å². The molecule has 0 radical (unpaired) electrons. The monoisotopic (exact) mass is 309 g/mol. The van der Waals surface area contributed by atoms with Crippen LogP contribution >= 0.6 is 0 Å². The van der Waals surface area contributed by atoms with E-state index in [0.717, 1.165) is 24.8 Å². The van der Waals surface area contributed by atoms with E-state index in [1.54, 1.807) is 6.07 Å². The average molecular weight is 309 g/mol. The Labute approximate surface area is 130 Å². The number of carboxylic acids is 1. The number of nitrogens with one attached hydrogen (secondary N) is 1. The van der Waals surface area contributed by atoms with Gasteiger partial charge < -0.3 is 10.4 Å². The van der Waals surface area contributed by atoms with Crippen LogP contribution in [0.4, 0.5) is 4.39 Å². The summed E-state index contributed by atoms with van der Waals surface area (Å²) in [6.45, 7) is 2.50. The highest BCUT2D eigenvalue weighted by molar-refractivity contribution is 5.76. The van der Waals surface area contributed by atoms with E-state index in [2.05, 4.69) is 5.32 Å². The zero-order valence-corrected chi connectivity index (χ0v) is 13.0. The van der Waals surface area contributed by atoms with Crippen molar-refractivity contribution in [3.05, 3.63) is 35.6 Å². The second kappa shape index (κ2) is 9.92. The molecule has 0 saturated carbocycles. The van der Waals surface area contributed by atoms with Gasteiger partial charge in [-0.2, -0.15) is 0 Å². The molecule has 1 aromatic rings. The molecule has 0 heterocycles. The van der Waals surface area contributed by atoms with Crippen molar-refractivity contribution >= 4 is 11.9 Å². The van der Waals surface area contributed by atoms with Gasteiger partial charge in [0.1, 0.15) is 5.82 Å². The van der Waals surface area contributed by atoms with E-state index < -0.39 is 5.97 Å². The molecular weight excluding hydrogens is 285 g/mol. The van der Waals surface area contributed by atoms with Crippen LogP contribution in [0, 0.1) is 5.82 Å². The normalized spacial score (nSPS) is 11.9. The van der Waals surface area contributed by atoms with Crippen molar-refractivity contribution in [1.29, 1.82) is 0 Å². The Hall–Kier alpha value is -1.91. The van der Waals surface area contributed by atoms with Crippen LogP contribution < -0.4 is 5.32 Å². The number of unbranched alkanes of at least 4 members (excludes halogenated alkanes) is 3. The van der Waals surface area contributed by atoms with E-state index in [1.807, 2.05) is 13.0 Å². The van der Waals surface area contributed by atoms with E-state index >= 15 is 0 Å². The Morgan fingerprint density at radius 1 is 1.23 bits per heavy atom. The fourth-order valence-electron chi connectivity index (χ4n) is 2.26. The fourth-order valence-corrected chi connectivity index (χ4v) is 2.26. The van der Waals surface area contributed by atoms with E-state index in [0.29, 0.717) is 19.4 Å². The second-order valence-corrected chi connectivity index (χ2v) is 5.57. The largest absolute Gasteiger partial charge is 0.481 e. The summed E-state index contributed by atoms with van der Waals surface area (Å²) in [5.41, 5.74) is 0.823. The first-order valence-electron chi connectivity index (χ1n) is 7.73. The van der Waals surface area contributed by atoms with Gasteiger partial charge in [-0.1, -0.05) is 31.9 Å². The molecule has 0 aliphatic heterocycles. The van der Waals surface area contributed by atoms with E-state index in [-0.39, 0.29) is 24.1 Å². The second-order valence-electron chi connectivity index (χ2n) is 5.57. The Bertz CT molecular complexity index is 491. The third-order valence-corrected chi connectivity index (χ3v) is 3.55. The van der Waals surface area contributed by atoms with Crippen LogP contribution in [0.5, 0.6) is 0 Å². The molecular formula is C17H24FNO3. The maximum atomic E-state index is 13.1. The van der Waals surface area contributed by atoms with Crippen molar-refractivity contribution in [1.82, 2.24) is 5.32 Å². The van der Waals surface area contributed by atoms with E-state index in [1.165, 1.54) is 12.1 Å². The summed E-state index contributed by atoms with van der Waals surface area (Å²) in [7, 11) is 0. The minimum atomic E-state index is -0.764. The summed E-state index contributed by atoms with van der Waals surface area (Å²) < 4.78 is 13.1. The molecule has 0 aliphatic rings. The van der Waals surface area contributed by atoms with Gasteiger partial charge in [0, 0.05) is 19.4 Å². The summed E-state index contributed by atoms with van der Waals surface area (Å²) in [4.78, 5) is 22.1. The number of benzene rings is 1. The number of carboxylic acid groups (broad SMARTS) is 1. The summed E-state index contributed by atoms with van der Waals surface area (Å²) >= 11 is 0. The van der Waals surface area contributed by atoms with E-state index in [9.17, 15) is 14.0 Å². The van der Waals surface area contributed by atoms with Gasteiger partial charge in [-0.15, -0.1) is 0 Å². The molecule has 1 amide bonds. The molecule has 4 nitrogen and oxygen atoms in total. The predicted molar refractivity (Wildman–Crippen MR) is 83.2 cm³/mol. The number of hydrogen-bond acceptors (Lipinski definition) is 2. The Morgan fingerprint density at radius 3 is 2.64 bits per heavy atom. The van der Waals surface area contributed by atoms with Crippen LogP contribution in [0.15, 0.2) is 24.3 Å². The number of amides is 1. The van der Waals surface area contributed by atoms with Gasteiger partial charge in [0.05, 0.1) is 0 Å². The van der Waals surface area contributed by atoms with Crippen LogP contribution in [0.2, 0.25) is 0 Å². The standard InChI is InChI=1S/C17H24FNO3/c1-13(14-7-6-8-15(18)12-14)11-16(20)19-10-5-3-2-4-9-17(21)22/h6-8,12-13H,2-5,9-11H2,1H3,(H,19,20)(H,21,22). The molecule has 1 aromatic carbocycles. The number of halogens is 1. The quantitative estimate of drug-likeness (QED) is 0.650. The Morgan fingerprint density at radius 2 is 1.95 bits per heavy atom. The van der Waals surface area contributed by atoms with Crippen molar-refractivity contribution in [3.63, 3.8) is 0 Å². The van der Waals surface area contributed by atoms with Gasteiger partial charge in [0.25, 0.3) is 0 Å². The number of carbonyl (C=O) groups excluding carboxylic acids is 1. The zero-order valence-electron chi connectivity index (χ0n) is 13.0. The summed E-state index contributed by atoms with van der Waals surface area (Å²) in [6, 6.07) is 6.32. The van der Waals surface area contributed by atoms with Gasteiger partial charge in [-0.05, 0) is 36.5 Å². The Kier molecular flexibility index (Phi) is 8.18. The van der Waals surface area contributed by atoms with Crippen LogP contribution in [-0.2, 0) is 9.59 Å². The smallest absolute Gasteiger partial charge is 0.303 e. The first-order valence-corrected chi connectivity index (χ1v) is 7.73. The molecule has 5 heteroatoms. The maximum Gasteiger partial charge on any atom is 0.303 e.